The number of amides is 1. The SMILES string of the molecule is CS(=O)(=O)NCCCC(NCc1ccc(-c2cc(Cl)ccc2Cl)o1)C(=O)Nc1ccncc1C(=O)O. The molecule has 2 aromatic heterocycles. The van der Waals surface area contributed by atoms with Crippen molar-refractivity contribution in [3.05, 3.63) is 70.2 Å². The Morgan fingerprint density at radius 3 is 2.67 bits per heavy atom. The largest absolute Gasteiger partial charge is 0.478 e. The van der Waals surface area contributed by atoms with Crippen molar-refractivity contribution in [2.75, 3.05) is 18.1 Å². The molecule has 1 amide bonds. The third-order valence-electron chi connectivity index (χ3n) is 5.04. The third kappa shape index (κ3) is 8.04. The molecule has 0 radical (unpaired) electrons. The zero-order valence-corrected chi connectivity index (χ0v) is 21.5. The number of carbonyl (C=O) groups excluding carboxylic acids is 1. The second-order valence-corrected chi connectivity index (χ2v) is 10.5. The van der Waals surface area contributed by atoms with E-state index < -0.39 is 27.9 Å². The molecule has 36 heavy (non-hydrogen) atoms. The number of hydrogen-bond donors (Lipinski definition) is 4. The van der Waals surface area contributed by atoms with Gasteiger partial charge in [0.05, 0.1) is 29.6 Å². The van der Waals surface area contributed by atoms with Crippen molar-refractivity contribution in [2.45, 2.75) is 25.4 Å². The second kappa shape index (κ2) is 12.3. The summed E-state index contributed by atoms with van der Waals surface area (Å²) in [7, 11) is -3.37. The molecule has 0 aliphatic rings. The summed E-state index contributed by atoms with van der Waals surface area (Å²) < 4.78 is 30.9. The zero-order valence-electron chi connectivity index (χ0n) is 19.1. The number of aromatic carboxylic acids is 1. The second-order valence-electron chi connectivity index (χ2n) is 7.85. The van der Waals surface area contributed by atoms with Gasteiger partial charge in [-0.15, -0.1) is 0 Å². The molecule has 0 saturated carbocycles. The molecular formula is C23H24Cl2N4O6S. The number of anilines is 1. The van der Waals surface area contributed by atoms with Gasteiger partial charge in [0.1, 0.15) is 17.1 Å². The van der Waals surface area contributed by atoms with Crippen molar-refractivity contribution >= 4 is 50.8 Å². The summed E-state index contributed by atoms with van der Waals surface area (Å²) in [5.41, 5.74) is 0.562. The fourth-order valence-corrected chi connectivity index (χ4v) is 4.21. The van der Waals surface area contributed by atoms with E-state index in [-0.39, 0.29) is 30.8 Å². The molecule has 0 spiro atoms. The summed E-state index contributed by atoms with van der Waals surface area (Å²) in [5, 5.41) is 16.0. The highest BCUT2D eigenvalue weighted by Crippen LogP contribution is 2.31. The minimum atomic E-state index is -3.37. The van der Waals surface area contributed by atoms with E-state index in [0.29, 0.717) is 33.6 Å². The lowest BCUT2D eigenvalue weighted by Gasteiger charge is -2.18. The van der Waals surface area contributed by atoms with Crippen molar-refractivity contribution in [1.29, 1.82) is 0 Å². The monoisotopic (exact) mass is 554 g/mol. The summed E-state index contributed by atoms with van der Waals surface area (Å²) in [6.45, 7) is 0.302. The van der Waals surface area contributed by atoms with Gasteiger partial charge in [-0.3, -0.25) is 15.1 Å². The number of pyridine rings is 1. The van der Waals surface area contributed by atoms with Gasteiger partial charge in [0.15, 0.2) is 0 Å². The molecule has 3 rings (SSSR count). The first-order chi connectivity index (χ1) is 17.0. The molecule has 1 unspecified atom stereocenters. The van der Waals surface area contributed by atoms with Crippen LogP contribution in [0.15, 0.2) is 53.2 Å². The van der Waals surface area contributed by atoms with Crippen LogP contribution in [0.2, 0.25) is 10.0 Å². The molecule has 0 aliphatic carbocycles. The van der Waals surface area contributed by atoms with E-state index in [2.05, 4.69) is 20.3 Å². The number of carbonyl (C=O) groups is 2. The topological polar surface area (TPSA) is 151 Å². The lowest BCUT2D eigenvalue weighted by atomic mass is 10.1. The van der Waals surface area contributed by atoms with Crippen LogP contribution in [-0.4, -0.2) is 49.2 Å². The first-order valence-electron chi connectivity index (χ1n) is 10.7. The predicted molar refractivity (Wildman–Crippen MR) is 137 cm³/mol. The summed E-state index contributed by atoms with van der Waals surface area (Å²) in [6.07, 6.45) is 4.16. The van der Waals surface area contributed by atoms with E-state index in [1.807, 2.05) is 0 Å². The van der Waals surface area contributed by atoms with Gasteiger partial charge in [-0.2, -0.15) is 0 Å². The zero-order chi connectivity index (χ0) is 26.3. The summed E-state index contributed by atoms with van der Waals surface area (Å²) >= 11 is 12.3. The molecule has 4 N–H and O–H groups in total. The number of rotatable bonds is 12. The molecule has 2 heterocycles. The molecule has 0 aliphatic heterocycles. The number of furan rings is 1. The Balaban J connectivity index is 1.72. The van der Waals surface area contributed by atoms with Crippen molar-refractivity contribution < 1.29 is 27.5 Å². The Morgan fingerprint density at radius 1 is 1.17 bits per heavy atom. The van der Waals surface area contributed by atoms with Crippen LogP contribution in [0.3, 0.4) is 0 Å². The number of aromatic nitrogens is 1. The maximum absolute atomic E-state index is 13.0. The molecule has 192 valence electrons. The van der Waals surface area contributed by atoms with Gasteiger partial charge < -0.3 is 14.8 Å². The molecule has 0 bridgehead atoms. The number of carboxylic acid groups (broad SMARTS) is 1. The maximum Gasteiger partial charge on any atom is 0.339 e. The Hall–Kier alpha value is -2.96. The number of nitrogens with zero attached hydrogens (tertiary/aromatic N) is 1. The smallest absolute Gasteiger partial charge is 0.339 e. The van der Waals surface area contributed by atoms with E-state index >= 15 is 0 Å². The minimum Gasteiger partial charge on any atom is -0.478 e. The molecule has 1 atom stereocenters. The Labute approximate surface area is 218 Å². The Kier molecular flexibility index (Phi) is 9.46. The molecule has 3 aromatic rings. The highest BCUT2D eigenvalue weighted by atomic mass is 35.5. The normalized spacial score (nSPS) is 12.3. The van der Waals surface area contributed by atoms with Crippen LogP contribution in [0.4, 0.5) is 5.69 Å². The van der Waals surface area contributed by atoms with E-state index in [1.165, 1.54) is 12.3 Å². The lowest BCUT2D eigenvalue weighted by Crippen LogP contribution is -2.41. The number of hydrogen-bond acceptors (Lipinski definition) is 7. The third-order valence-corrected chi connectivity index (χ3v) is 6.33. The number of sulfonamides is 1. The first-order valence-corrected chi connectivity index (χ1v) is 13.4. The number of carboxylic acids is 1. The molecule has 1 aromatic carbocycles. The van der Waals surface area contributed by atoms with Gasteiger partial charge in [-0.1, -0.05) is 23.2 Å². The van der Waals surface area contributed by atoms with Crippen LogP contribution in [-0.2, 0) is 21.4 Å². The van der Waals surface area contributed by atoms with E-state index in [9.17, 15) is 23.1 Å². The van der Waals surface area contributed by atoms with E-state index in [1.54, 1.807) is 30.3 Å². The highest BCUT2D eigenvalue weighted by molar-refractivity contribution is 7.88. The van der Waals surface area contributed by atoms with Crippen LogP contribution in [0, 0.1) is 0 Å². The lowest BCUT2D eigenvalue weighted by molar-refractivity contribution is -0.118. The van der Waals surface area contributed by atoms with E-state index in [4.69, 9.17) is 27.6 Å². The van der Waals surface area contributed by atoms with Crippen molar-refractivity contribution in [1.82, 2.24) is 15.0 Å². The Morgan fingerprint density at radius 2 is 1.94 bits per heavy atom. The van der Waals surface area contributed by atoms with Crippen LogP contribution in [0.5, 0.6) is 0 Å². The Bertz CT molecular complexity index is 1350. The van der Waals surface area contributed by atoms with Gasteiger partial charge in [0.2, 0.25) is 15.9 Å². The van der Waals surface area contributed by atoms with Gasteiger partial charge >= 0.3 is 5.97 Å². The summed E-state index contributed by atoms with van der Waals surface area (Å²) in [4.78, 5) is 28.2. The van der Waals surface area contributed by atoms with Crippen molar-refractivity contribution in [3.63, 3.8) is 0 Å². The predicted octanol–water partition coefficient (Wildman–Crippen LogP) is 3.77. The van der Waals surface area contributed by atoms with Gasteiger partial charge in [0, 0.05) is 29.5 Å². The van der Waals surface area contributed by atoms with Crippen LogP contribution in [0.25, 0.3) is 11.3 Å². The number of nitrogens with one attached hydrogen (secondary N) is 3. The van der Waals surface area contributed by atoms with Crippen molar-refractivity contribution in [3.8, 4) is 11.3 Å². The molecule has 10 nitrogen and oxygen atoms in total. The van der Waals surface area contributed by atoms with Crippen LogP contribution >= 0.6 is 23.2 Å². The maximum atomic E-state index is 13.0. The summed E-state index contributed by atoms with van der Waals surface area (Å²) in [5.74, 6) is -0.709. The molecule has 0 saturated heterocycles. The standard InChI is InChI=1S/C23H24Cl2N4O6S/c1-36(33,34)28-9-2-3-20(22(30)29-19-8-10-26-13-17(19)23(31)32)27-12-15-5-7-21(35-15)16-11-14(24)4-6-18(16)25/h4-8,10-11,13,20,27-28H,2-3,9,12H2,1H3,(H,31,32)(H,26,29,30). The van der Waals surface area contributed by atoms with Crippen LogP contribution in [0.1, 0.15) is 29.0 Å². The fourth-order valence-electron chi connectivity index (χ4n) is 3.31. The average molecular weight is 555 g/mol. The summed E-state index contributed by atoms with van der Waals surface area (Å²) in [6, 6.07) is 9.07. The minimum absolute atomic E-state index is 0.0967. The average Bonchev–Trinajstić information content (AvgIpc) is 3.28. The van der Waals surface area contributed by atoms with Crippen LogP contribution < -0.4 is 15.4 Å². The van der Waals surface area contributed by atoms with Gasteiger partial charge in [-0.25, -0.2) is 17.9 Å². The van der Waals surface area contributed by atoms with E-state index in [0.717, 1.165) is 12.5 Å². The quantitative estimate of drug-likeness (QED) is 0.247. The van der Waals surface area contributed by atoms with Crippen molar-refractivity contribution in [2.24, 2.45) is 0 Å². The molecule has 13 heteroatoms. The van der Waals surface area contributed by atoms with Gasteiger partial charge in [0.25, 0.3) is 0 Å². The first kappa shape index (κ1) is 27.6. The fraction of sp³-hybridized carbons (Fsp3) is 0.261. The van der Waals surface area contributed by atoms with Gasteiger partial charge in [-0.05, 0) is 49.2 Å². The number of benzene rings is 1. The molecule has 0 fully saturated rings. The number of halogens is 2. The highest BCUT2D eigenvalue weighted by Gasteiger charge is 2.21. The molecular weight excluding hydrogens is 531 g/mol.